The molecule has 0 saturated heterocycles. The van der Waals surface area contributed by atoms with E-state index in [1.165, 1.54) is 0 Å². The molecule has 1 aliphatic carbocycles. The summed E-state index contributed by atoms with van der Waals surface area (Å²) < 4.78 is 26.0. The van der Waals surface area contributed by atoms with E-state index in [9.17, 15) is 8.78 Å². The summed E-state index contributed by atoms with van der Waals surface area (Å²) in [5.41, 5.74) is 0. The highest BCUT2D eigenvalue weighted by molar-refractivity contribution is 4.82. The minimum absolute atomic E-state index is 0.110. The maximum Gasteiger partial charge on any atom is 0.250 e. The summed E-state index contributed by atoms with van der Waals surface area (Å²) in [6.07, 6.45) is 3.81. The van der Waals surface area contributed by atoms with Crippen molar-refractivity contribution in [2.24, 2.45) is 11.8 Å². The van der Waals surface area contributed by atoms with E-state index in [1.807, 2.05) is 0 Å². The standard InChI is InChI=1S/C10H18F2/c1-3-4-9-5-6-10(11,12)8(2)7-9/h8-9H,3-7H2,1-2H3/t8-,9-/m1/s1. The van der Waals surface area contributed by atoms with E-state index in [4.69, 9.17) is 0 Å². The lowest BCUT2D eigenvalue weighted by atomic mass is 9.78. The zero-order valence-electron chi connectivity index (χ0n) is 7.95. The Labute approximate surface area is 73.3 Å². The second-order valence-electron chi connectivity index (χ2n) is 4.09. The molecule has 1 saturated carbocycles. The van der Waals surface area contributed by atoms with Gasteiger partial charge in [0.15, 0.2) is 0 Å². The minimum Gasteiger partial charge on any atom is -0.207 e. The molecule has 2 atom stereocenters. The minimum atomic E-state index is -2.38. The third-order valence-corrected chi connectivity index (χ3v) is 2.99. The van der Waals surface area contributed by atoms with Gasteiger partial charge < -0.3 is 0 Å². The number of hydrogen-bond donors (Lipinski definition) is 0. The summed E-state index contributed by atoms with van der Waals surface area (Å²) in [4.78, 5) is 0. The first kappa shape index (κ1) is 9.94. The van der Waals surface area contributed by atoms with E-state index >= 15 is 0 Å². The Morgan fingerprint density at radius 3 is 2.58 bits per heavy atom. The van der Waals surface area contributed by atoms with Crippen molar-refractivity contribution in [1.29, 1.82) is 0 Å². The topological polar surface area (TPSA) is 0 Å². The molecule has 0 radical (unpaired) electrons. The summed E-state index contributed by atoms with van der Waals surface area (Å²) in [6.45, 7) is 3.80. The van der Waals surface area contributed by atoms with Crippen LogP contribution in [0.3, 0.4) is 0 Å². The molecule has 0 aromatic heterocycles. The highest BCUT2D eigenvalue weighted by Crippen LogP contribution is 2.41. The molecule has 0 nitrogen and oxygen atoms in total. The molecular formula is C10H18F2. The van der Waals surface area contributed by atoms with Gasteiger partial charge in [0.1, 0.15) is 0 Å². The highest BCUT2D eigenvalue weighted by atomic mass is 19.3. The molecule has 0 bridgehead atoms. The van der Waals surface area contributed by atoms with Crippen LogP contribution in [-0.2, 0) is 0 Å². The second kappa shape index (κ2) is 3.71. The van der Waals surface area contributed by atoms with Crippen molar-refractivity contribution >= 4 is 0 Å². The smallest absolute Gasteiger partial charge is 0.207 e. The van der Waals surface area contributed by atoms with Gasteiger partial charge in [0.2, 0.25) is 0 Å². The van der Waals surface area contributed by atoms with Gasteiger partial charge in [0, 0.05) is 12.3 Å². The van der Waals surface area contributed by atoms with Crippen LogP contribution in [0.1, 0.15) is 46.0 Å². The fourth-order valence-electron chi connectivity index (χ4n) is 2.10. The molecule has 0 N–H and O–H groups in total. The fourth-order valence-corrected chi connectivity index (χ4v) is 2.10. The molecule has 0 unspecified atom stereocenters. The fraction of sp³-hybridized carbons (Fsp3) is 1.00. The van der Waals surface area contributed by atoms with Gasteiger partial charge in [0.25, 0.3) is 5.92 Å². The molecule has 1 fully saturated rings. The van der Waals surface area contributed by atoms with E-state index in [0.717, 1.165) is 25.7 Å². The van der Waals surface area contributed by atoms with Crippen LogP contribution in [0, 0.1) is 11.8 Å². The summed E-state index contributed by atoms with van der Waals surface area (Å²) in [6, 6.07) is 0. The first-order valence-corrected chi connectivity index (χ1v) is 4.94. The van der Waals surface area contributed by atoms with Crippen LogP contribution in [0.4, 0.5) is 8.78 Å². The SMILES string of the molecule is CCC[C@@H]1CCC(F)(F)[C@H](C)C1. The van der Waals surface area contributed by atoms with Gasteiger partial charge in [-0.15, -0.1) is 0 Å². The number of hydrogen-bond acceptors (Lipinski definition) is 0. The Morgan fingerprint density at radius 1 is 1.42 bits per heavy atom. The molecule has 0 aliphatic heterocycles. The number of halogens is 2. The average molecular weight is 176 g/mol. The van der Waals surface area contributed by atoms with Crippen LogP contribution in [0.25, 0.3) is 0 Å². The van der Waals surface area contributed by atoms with Crippen LogP contribution in [-0.4, -0.2) is 5.92 Å². The van der Waals surface area contributed by atoms with Gasteiger partial charge in [-0.1, -0.05) is 26.7 Å². The second-order valence-corrected chi connectivity index (χ2v) is 4.09. The quantitative estimate of drug-likeness (QED) is 0.599. The largest absolute Gasteiger partial charge is 0.250 e. The third-order valence-electron chi connectivity index (χ3n) is 2.99. The van der Waals surface area contributed by atoms with Gasteiger partial charge in [-0.3, -0.25) is 0 Å². The van der Waals surface area contributed by atoms with Crippen LogP contribution in [0.15, 0.2) is 0 Å². The highest BCUT2D eigenvalue weighted by Gasteiger charge is 2.41. The molecule has 1 rings (SSSR count). The van der Waals surface area contributed by atoms with Crippen molar-refractivity contribution in [2.45, 2.75) is 51.9 Å². The maximum absolute atomic E-state index is 13.0. The van der Waals surface area contributed by atoms with E-state index in [2.05, 4.69) is 6.92 Å². The molecule has 12 heavy (non-hydrogen) atoms. The number of rotatable bonds is 2. The molecule has 0 amide bonds. The Bertz CT molecular complexity index is 143. The lowest BCUT2D eigenvalue weighted by Crippen LogP contribution is -2.33. The van der Waals surface area contributed by atoms with Crippen molar-refractivity contribution in [1.82, 2.24) is 0 Å². The average Bonchev–Trinajstić information content (AvgIpc) is 1.98. The van der Waals surface area contributed by atoms with Crippen molar-refractivity contribution in [3.05, 3.63) is 0 Å². The third kappa shape index (κ3) is 2.18. The van der Waals surface area contributed by atoms with Crippen molar-refractivity contribution in [3.8, 4) is 0 Å². The molecule has 0 spiro atoms. The molecule has 0 aromatic carbocycles. The predicted molar refractivity (Wildman–Crippen MR) is 46.4 cm³/mol. The summed E-state index contributed by atoms with van der Waals surface area (Å²) in [5, 5.41) is 0. The van der Waals surface area contributed by atoms with E-state index in [1.54, 1.807) is 6.92 Å². The molecule has 0 aromatic rings. The lowest BCUT2D eigenvalue weighted by Gasteiger charge is -2.33. The Morgan fingerprint density at radius 2 is 2.08 bits per heavy atom. The Kier molecular flexibility index (Phi) is 3.08. The van der Waals surface area contributed by atoms with Crippen LogP contribution in [0.2, 0.25) is 0 Å². The van der Waals surface area contributed by atoms with E-state index in [-0.39, 0.29) is 6.42 Å². The molecule has 0 heterocycles. The summed E-state index contributed by atoms with van der Waals surface area (Å²) >= 11 is 0. The van der Waals surface area contributed by atoms with Gasteiger partial charge in [-0.25, -0.2) is 8.78 Å². The zero-order chi connectivity index (χ0) is 9.19. The molecular weight excluding hydrogens is 158 g/mol. The van der Waals surface area contributed by atoms with Crippen molar-refractivity contribution in [3.63, 3.8) is 0 Å². The zero-order valence-corrected chi connectivity index (χ0v) is 7.95. The Hall–Kier alpha value is -0.140. The van der Waals surface area contributed by atoms with Crippen molar-refractivity contribution < 1.29 is 8.78 Å². The summed E-state index contributed by atoms with van der Waals surface area (Å²) in [5.74, 6) is -2.23. The van der Waals surface area contributed by atoms with Gasteiger partial charge in [-0.05, 0) is 18.8 Å². The normalized spacial score (nSPS) is 35.0. The summed E-state index contributed by atoms with van der Waals surface area (Å²) in [7, 11) is 0. The van der Waals surface area contributed by atoms with Gasteiger partial charge >= 0.3 is 0 Å². The predicted octanol–water partition coefficient (Wildman–Crippen LogP) is 3.86. The first-order valence-electron chi connectivity index (χ1n) is 4.94. The molecule has 2 heteroatoms. The lowest BCUT2D eigenvalue weighted by molar-refractivity contribution is -0.0914. The Balaban J connectivity index is 2.41. The van der Waals surface area contributed by atoms with Crippen LogP contribution in [0.5, 0.6) is 0 Å². The van der Waals surface area contributed by atoms with E-state index < -0.39 is 11.8 Å². The van der Waals surface area contributed by atoms with Crippen molar-refractivity contribution in [2.75, 3.05) is 0 Å². The van der Waals surface area contributed by atoms with Gasteiger partial charge in [0.05, 0.1) is 0 Å². The molecule has 72 valence electrons. The van der Waals surface area contributed by atoms with E-state index in [0.29, 0.717) is 5.92 Å². The maximum atomic E-state index is 13.0. The van der Waals surface area contributed by atoms with Crippen LogP contribution >= 0.6 is 0 Å². The monoisotopic (exact) mass is 176 g/mol. The number of alkyl halides is 2. The van der Waals surface area contributed by atoms with Gasteiger partial charge in [-0.2, -0.15) is 0 Å². The molecule has 1 aliphatic rings. The first-order chi connectivity index (χ1) is 5.56. The van der Waals surface area contributed by atoms with Crippen LogP contribution < -0.4 is 0 Å².